The summed E-state index contributed by atoms with van der Waals surface area (Å²) in [7, 11) is 7.89. The van der Waals surface area contributed by atoms with Crippen LogP contribution in [-0.2, 0) is 72.3 Å². The number of unbranched alkanes of at least 4 members (excludes halogenated alkanes) is 6. The van der Waals surface area contributed by atoms with Crippen LogP contribution in [0.1, 0.15) is 179 Å². The molecule has 0 spiro atoms. The van der Waals surface area contributed by atoms with Crippen LogP contribution in [0.5, 0.6) is 0 Å². The Morgan fingerprint density at radius 3 is 1.37 bits per heavy atom. The number of methoxy groups -OCH3 is 2. The molecule has 2 aromatic rings. The van der Waals surface area contributed by atoms with Crippen molar-refractivity contribution in [2.24, 2.45) is 0 Å². The zero-order valence-corrected chi connectivity index (χ0v) is 65.8. The first-order valence-corrected chi connectivity index (χ1v) is 41.9. The maximum Gasteiger partial charge on any atom is 1.00 e. The van der Waals surface area contributed by atoms with Crippen molar-refractivity contribution in [3.8, 4) is 0 Å². The van der Waals surface area contributed by atoms with Gasteiger partial charge in [-0.1, -0.05) is 96.9 Å². The number of carbonyl (C=O) groups excluding carboxylic acids is 10. The van der Waals surface area contributed by atoms with Crippen molar-refractivity contribution in [1.29, 1.82) is 0 Å². The standard InChI is InChI=1S/C20H36N2O5S2.C19H24N2O8S3.C15H22N2O2S2.C10H19NO3S.3CH4.Na.H/c1-16(23)7-4-3-5-10-21-19(25)9-12-29-28-11-6-8-20(26)22-14-18(24)13-17(22)15-27-2;22-13-12-14(32(26,27)28)18(25)19(13)29-17(24)7-2-1-4-9-20-15(23)8-11-30-31-16-6-3-5-10-21-16;1-13(18)7-3-2-5-10-16-14(19)9-12-20-21-15-8-4-6-11-17-15;1-14-7-8-5-9(12)6-11(8)10(13)3-2-4-15;;;;;/h17-18,24H,3-15H2,1-2H3,(H,21,25);3,5-6,10,14,19H,1-2,4,7-9,11-12H2,(H,20,23)(H,26,27,28);4,6,8,11H,2-3,5,7,9-10,12H2,1H3,(H,16,19);8-9,12,15H,2-7H2,1H3;3*1H4;;/q;;;;;;;+1;-1/p-1. The Balaban J connectivity index is -0.000000637. The molecular weight excluding hydrogens is 1470 g/mol. The number of Topliss-reactive ketones (excluding diaryl/α,β-unsaturated/α-hetero) is 4. The number of ketones is 4. The summed E-state index contributed by atoms with van der Waals surface area (Å²) in [5.41, 5.74) is 0. The molecule has 3 fully saturated rings. The van der Waals surface area contributed by atoms with Crippen molar-refractivity contribution in [3.63, 3.8) is 0 Å². The average molecular weight is 1580 g/mol. The number of aromatic nitrogens is 2. The van der Waals surface area contributed by atoms with Crippen molar-refractivity contribution in [1.82, 2.24) is 35.7 Å². The van der Waals surface area contributed by atoms with Crippen LogP contribution in [0, 0.1) is 0 Å². The number of ether oxygens (including phenoxy) is 3. The minimum Gasteiger partial charge on any atom is -1.00 e. The third-order valence-corrected chi connectivity index (χ3v) is 22.9. The summed E-state index contributed by atoms with van der Waals surface area (Å²) in [4.78, 5) is 128. The van der Waals surface area contributed by atoms with Crippen LogP contribution < -0.4 is 45.5 Å². The second kappa shape index (κ2) is 63.1. The molecule has 1 saturated carbocycles. The molecule has 5 rings (SSSR count). The number of pyridine rings is 2. The largest absolute Gasteiger partial charge is 1.00 e. The molecule has 34 heteroatoms. The first kappa shape index (κ1) is 102. The van der Waals surface area contributed by atoms with Gasteiger partial charge in [0.15, 0.2) is 11.6 Å². The Morgan fingerprint density at radius 1 is 0.584 bits per heavy atom. The number of amides is 5. The number of aliphatic hydroxyl groups excluding tert-OH is 2. The molecule has 101 heavy (non-hydrogen) atoms. The maximum absolute atomic E-state index is 12.3. The van der Waals surface area contributed by atoms with Crippen LogP contribution >= 0.6 is 77.4 Å². The predicted octanol–water partition coefficient (Wildman–Crippen LogP) is 6.48. The van der Waals surface area contributed by atoms with E-state index in [4.69, 9.17) is 14.2 Å². The molecule has 5 amide bonds. The fourth-order valence-electron chi connectivity index (χ4n) is 9.56. The van der Waals surface area contributed by atoms with E-state index < -0.39 is 57.6 Å². The Hall–Kier alpha value is -3.00. The van der Waals surface area contributed by atoms with Crippen LogP contribution in [0.25, 0.3) is 0 Å². The summed E-state index contributed by atoms with van der Waals surface area (Å²) in [6, 6.07) is 11.4. The van der Waals surface area contributed by atoms with Gasteiger partial charge in [-0.25, -0.2) is 18.4 Å². The van der Waals surface area contributed by atoms with Gasteiger partial charge in [-0.3, -0.25) is 38.4 Å². The van der Waals surface area contributed by atoms with Gasteiger partial charge in [0.1, 0.15) is 37.0 Å². The van der Waals surface area contributed by atoms with Gasteiger partial charge in [-0.15, -0.1) is 0 Å². The van der Waals surface area contributed by atoms with E-state index in [9.17, 15) is 71.1 Å². The fraction of sp³-hybridized carbons (Fsp3) is 0.701. The number of carbonyl (C=O) groups is 10. The second-order valence-corrected chi connectivity index (χ2v) is 32.4. The van der Waals surface area contributed by atoms with E-state index in [1.165, 1.54) is 10.8 Å². The van der Waals surface area contributed by atoms with Crippen molar-refractivity contribution in [2.45, 2.75) is 223 Å². The SMILES string of the molecule is C.C.C.CC(=O)CCCCCNC(=O)CCSSc1ccccn1.COCC1CC(O)CN1C(=O)CCCS.COCC1CC(O)CN1C(=O)CCCSSCCC(=O)NCCCCCC(C)=O.O=C(CCSSc1ccccn1)NCCCCCC(=O)OC1C(=O)CC(S(=O)(=O)[O-])C1=O.[H-].[Na+]. The average Bonchev–Trinajstić information content (AvgIpc) is 1.66. The van der Waals surface area contributed by atoms with E-state index in [0.717, 1.165) is 84.4 Å². The Morgan fingerprint density at radius 2 is 0.990 bits per heavy atom. The molecule has 4 heterocycles. The molecule has 2 saturated heterocycles. The molecule has 574 valence electrons. The Labute approximate surface area is 653 Å². The zero-order chi connectivity index (χ0) is 71.6. The molecule has 0 bridgehead atoms. The number of β-amino-alcohol motifs (C(OH)–C–C–N with tert-alkyl or cyclic N) is 2. The van der Waals surface area contributed by atoms with Crippen molar-refractivity contribution < 1.29 is 116 Å². The minimum atomic E-state index is -4.96. The van der Waals surface area contributed by atoms with E-state index in [2.05, 4.69) is 38.5 Å². The first-order chi connectivity index (χ1) is 46.5. The van der Waals surface area contributed by atoms with Gasteiger partial charge in [0.25, 0.3) is 0 Å². The van der Waals surface area contributed by atoms with Crippen molar-refractivity contribution in [2.75, 3.05) is 88.9 Å². The van der Waals surface area contributed by atoms with Gasteiger partial charge in [-0.2, -0.15) is 12.6 Å². The number of thiol groups is 1. The molecule has 1 aliphatic carbocycles. The third-order valence-electron chi connectivity index (χ3n) is 14.5. The molecule has 0 aromatic carbocycles. The summed E-state index contributed by atoms with van der Waals surface area (Å²) < 4.78 is 47.9. The molecule has 3 aliphatic rings. The number of hydrogen-bond donors (Lipinski definition) is 6. The van der Waals surface area contributed by atoms with E-state index in [1.807, 2.05) is 36.4 Å². The fourth-order valence-corrected chi connectivity index (χ4v) is 16.3. The van der Waals surface area contributed by atoms with Crippen LogP contribution in [0.15, 0.2) is 58.8 Å². The number of hydrogen-bond acceptors (Lipinski definition) is 27. The van der Waals surface area contributed by atoms with Gasteiger partial charge in [-0.05, 0) is 130 Å². The zero-order valence-electron chi connectivity index (χ0n) is 58.1. The van der Waals surface area contributed by atoms with Gasteiger partial charge in [0.2, 0.25) is 35.6 Å². The molecule has 2 aliphatic heterocycles. The summed E-state index contributed by atoms with van der Waals surface area (Å²) in [5.74, 6) is 1.60. The molecule has 6 unspecified atom stereocenters. The van der Waals surface area contributed by atoms with E-state index in [0.29, 0.717) is 129 Å². The third kappa shape index (κ3) is 50.2. The summed E-state index contributed by atoms with van der Waals surface area (Å²) in [6.45, 7) is 6.86. The molecule has 5 N–H and O–H groups in total. The summed E-state index contributed by atoms with van der Waals surface area (Å²) in [6.07, 6.45) is 13.7. The minimum absolute atomic E-state index is 0. The monoisotopic (exact) mass is 1580 g/mol. The van der Waals surface area contributed by atoms with Gasteiger partial charge >= 0.3 is 35.5 Å². The van der Waals surface area contributed by atoms with Crippen LogP contribution in [0.3, 0.4) is 0 Å². The van der Waals surface area contributed by atoms with Crippen molar-refractivity contribution >= 4 is 146 Å². The number of likely N-dealkylation sites (tertiary alicyclic amines) is 2. The van der Waals surface area contributed by atoms with E-state index in [1.54, 1.807) is 104 Å². The predicted molar refractivity (Wildman–Crippen MR) is 407 cm³/mol. The molecule has 6 atom stereocenters. The number of rotatable bonds is 45. The molecule has 2 aromatic heterocycles. The van der Waals surface area contributed by atoms with Crippen LogP contribution in [-0.4, -0.2) is 226 Å². The number of nitrogens with zero attached hydrogens (tertiary/aromatic N) is 4. The van der Waals surface area contributed by atoms with Crippen LogP contribution in [0.2, 0.25) is 0 Å². The van der Waals surface area contributed by atoms with Gasteiger partial charge in [0.05, 0.1) is 37.5 Å². The van der Waals surface area contributed by atoms with Gasteiger partial charge < -0.3 is 65.7 Å². The van der Waals surface area contributed by atoms with Crippen molar-refractivity contribution in [3.05, 3.63) is 48.8 Å². The Bertz CT molecular complexity index is 2770. The number of esters is 1. The Kier molecular flexibility index (Phi) is 63.9. The quantitative estimate of drug-likeness (QED) is 0.00786. The van der Waals surface area contributed by atoms with Crippen LogP contribution in [0.4, 0.5) is 0 Å². The topological polar surface area (TPSA) is 364 Å². The second-order valence-electron chi connectivity index (χ2n) is 22.9. The first-order valence-electron chi connectivity index (χ1n) is 32.7. The molecular formula is C67H113N7NaO18S8-. The number of aliphatic hydroxyl groups is 2. The summed E-state index contributed by atoms with van der Waals surface area (Å²) in [5, 5.41) is 27.7. The normalized spacial score (nSPS) is 17.3. The molecule has 0 radical (unpaired) electrons. The number of nitrogens with one attached hydrogen (secondary N) is 3. The maximum atomic E-state index is 12.3. The molecule has 25 nitrogen and oxygen atoms in total. The van der Waals surface area contributed by atoms with E-state index >= 15 is 0 Å². The van der Waals surface area contributed by atoms with E-state index in [-0.39, 0.29) is 113 Å². The summed E-state index contributed by atoms with van der Waals surface area (Å²) >= 11 is 4.07. The van der Waals surface area contributed by atoms with Gasteiger partial charge in [0, 0.05) is 140 Å². The smallest absolute Gasteiger partial charge is 1.00 e.